The first-order chi connectivity index (χ1) is 9.42. The van der Waals surface area contributed by atoms with Gasteiger partial charge in [-0.15, -0.1) is 11.6 Å². The van der Waals surface area contributed by atoms with Crippen LogP contribution in [0.5, 0.6) is 0 Å². The van der Waals surface area contributed by atoms with Gasteiger partial charge >= 0.3 is 6.18 Å². The van der Waals surface area contributed by atoms with Crippen LogP contribution in [0.3, 0.4) is 0 Å². The monoisotopic (exact) mass is 305 g/mol. The number of fused-ring (bicyclic) bond motifs is 1. The van der Waals surface area contributed by atoms with E-state index in [9.17, 15) is 13.2 Å². The van der Waals surface area contributed by atoms with Gasteiger partial charge in [-0.05, 0) is 31.4 Å². The number of aromatic nitrogens is 3. The summed E-state index contributed by atoms with van der Waals surface area (Å²) >= 11 is 5.85. The average Bonchev–Trinajstić information content (AvgIpc) is 2.73. The van der Waals surface area contributed by atoms with Crippen molar-refractivity contribution in [3.63, 3.8) is 0 Å². The van der Waals surface area contributed by atoms with Crippen LogP contribution in [0, 0.1) is 6.92 Å². The van der Waals surface area contributed by atoms with Gasteiger partial charge in [-0.25, -0.2) is 9.97 Å². The van der Waals surface area contributed by atoms with Crippen molar-refractivity contribution in [1.82, 2.24) is 14.5 Å². The molecule has 2 heterocycles. The normalized spacial score (nSPS) is 12.2. The fourth-order valence-electron chi connectivity index (χ4n) is 2.12. The van der Waals surface area contributed by atoms with Crippen molar-refractivity contribution in [2.45, 2.75) is 44.8 Å². The summed E-state index contributed by atoms with van der Waals surface area (Å²) < 4.78 is 38.2. The average molecular weight is 306 g/mol. The van der Waals surface area contributed by atoms with E-state index in [-0.39, 0.29) is 12.3 Å². The van der Waals surface area contributed by atoms with E-state index < -0.39 is 12.6 Å². The number of pyridine rings is 1. The summed E-state index contributed by atoms with van der Waals surface area (Å²) in [4.78, 5) is 8.66. The first-order valence-corrected chi connectivity index (χ1v) is 6.89. The van der Waals surface area contributed by atoms with Gasteiger partial charge in [-0.3, -0.25) is 0 Å². The Hall–Kier alpha value is -1.30. The summed E-state index contributed by atoms with van der Waals surface area (Å²) in [5.41, 5.74) is 2.43. The highest BCUT2D eigenvalue weighted by Crippen LogP contribution is 2.24. The first kappa shape index (κ1) is 15.1. The number of aryl methyl sites for hydroxylation is 2. The lowest BCUT2D eigenvalue weighted by Gasteiger charge is -2.08. The van der Waals surface area contributed by atoms with Gasteiger partial charge in [0, 0.05) is 19.2 Å². The highest BCUT2D eigenvalue weighted by atomic mass is 35.5. The van der Waals surface area contributed by atoms with E-state index in [1.54, 1.807) is 6.20 Å². The Bertz CT molecular complexity index is 592. The molecule has 0 amide bonds. The van der Waals surface area contributed by atoms with Crippen LogP contribution in [0.2, 0.25) is 0 Å². The van der Waals surface area contributed by atoms with Gasteiger partial charge in [0.1, 0.15) is 11.3 Å². The third-order valence-electron chi connectivity index (χ3n) is 3.13. The van der Waals surface area contributed by atoms with Crippen molar-refractivity contribution in [2.24, 2.45) is 0 Å². The maximum Gasteiger partial charge on any atom is 0.389 e. The third kappa shape index (κ3) is 3.42. The highest BCUT2D eigenvalue weighted by molar-refractivity contribution is 6.16. The fraction of sp³-hybridized carbons (Fsp3) is 0.538. The number of rotatable bonds is 5. The number of hydrogen-bond donors (Lipinski definition) is 0. The minimum absolute atomic E-state index is 0.0940. The summed E-state index contributed by atoms with van der Waals surface area (Å²) in [7, 11) is 0. The highest BCUT2D eigenvalue weighted by Gasteiger charge is 2.26. The SMILES string of the molecule is Cc1ccnc2c1nc(CCl)n2CCCCC(F)(F)F. The van der Waals surface area contributed by atoms with Crippen LogP contribution in [0.25, 0.3) is 11.2 Å². The van der Waals surface area contributed by atoms with Crippen LogP contribution in [-0.2, 0) is 12.4 Å². The molecule has 3 nitrogen and oxygen atoms in total. The molecule has 0 spiro atoms. The van der Waals surface area contributed by atoms with Gasteiger partial charge in [0.2, 0.25) is 0 Å². The van der Waals surface area contributed by atoms with Crippen LogP contribution < -0.4 is 0 Å². The molecule has 0 aliphatic heterocycles. The molecule has 0 unspecified atom stereocenters. The molecule has 0 N–H and O–H groups in total. The molecule has 0 aliphatic carbocycles. The molecule has 0 aliphatic rings. The van der Waals surface area contributed by atoms with E-state index in [4.69, 9.17) is 11.6 Å². The van der Waals surface area contributed by atoms with Crippen LogP contribution in [-0.4, -0.2) is 20.7 Å². The molecule has 0 saturated carbocycles. The molecule has 2 rings (SSSR count). The Balaban J connectivity index is 2.14. The molecular weight excluding hydrogens is 291 g/mol. The Morgan fingerprint density at radius 2 is 2.05 bits per heavy atom. The van der Waals surface area contributed by atoms with Crippen molar-refractivity contribution in [2.75, 3.05) is 0 Å². The Morgan fingerprint density at radius 3 is 2.70 bits per heavy atom. The lowest BCUT2D eigenvalue weighted by molar-refractivity contribution is -0.135. The number of imidazole rings is 1. The van der Waals surface area contributed by atoms with E-state index in [1.807, 2.05) is 17.6 Å². The number of nitrogens with zero attached hydrogens (tertiary/aromatic N) is 3. The predicted molar refractivity (Wildman–Crippen MR) is 71.7 cm³/mol. The molecule has 0 radical (unpaired) electrons. The molecule has 20 heavy (non-hydrogen) atoms. The topological polar surface area (TPSA) is 30.7 Å². The van der Waals surface area contributed by atoms with Gasteiger partial charge in [0.05, 0.1) is 5.88 Å². The van der Waals surface area contributed by atoms with Crippen LogP contribution >= 0.6 is 11.6 Å². The van der Waals surface area contributed by atoms with E-state index in [0.717, 1.165) is 11.1 Å². The lowest BCUT2D eigenvalue weighted by Crippen LogP contribution is -2.08. The van der Waals surface area contributed by atoms with E-state index in [2.05, 4.69) is 9.97 Å². The van der Waals surface area contributed by atoms with Crippen molar-refractivity contribution in [3.05, 3.63) is 23.7 Å². The van der Waals surface area contributed by atoms with E-state index >= 15 is 0 Å². The smallest absolute Gasteiger partial charge is 0.312 e. The second-order valence-electron chi connectivity index (χ2n) is 4.69. The van der Waals surface area contributed by atoms with Crippen molar-refractivity contribution < 1.29 is 13.2 Å². The van der Waals surface area contributed by atoms with Gasteiger partial charge in [-0.1, -0.05) is 0 Å². The van der Waals surface area contributed by atoms with E-state index in [1.165, 1.54) is 0 Å². The molecule has 7 heteroatoms. The van der Waals surface area contributed by atoms with Gasteiger partial charge < -0.3 is 4.57 Å². The largest absolute Gasteiger partial charge is 0.389 e. The van der Waals surface area contributed by atoms with Crippen molar-refractivity contribution in [1.29, 1.82) is 0 Å². The van der Waals surface area contributed by atoms with Crippen LogP contribution in [0.15, 0.2) is 12.3 Å². The molecular formula is C13H15ClF3N3. The molecule has 0 atom stereocenters. The molecule has 2 aromatic heterocycles. The standard InChI is InChI=1S/C13H15ClF3N3/c1-9-4-6-18-12-11(9)19-10(8-14)20(12)7-3-2-5-13(15,16)17/h4,6H,2-3,5,7-8H2,1H3. The zero-order valence-corrected chi connectivity index (χ0v) is 11.8. The maximum atomic E-state index is 12.1. The molecule has 0 fully saturated rings. The van der Waals surface area contributed by atoms with Crippen molar-refractivity contribution >= 4 is 22.8 Å². The van der Waals surface area contributed by atoms with Gasteiger partial charge in [0.15, 0.2) is 5.65 Å². The number of hydrogen-bond acceptors (Lipinski definition) is 2. The van der Waals surface area contributed by atoms with Gasteiger partial charge in [-0.2, -0.15) is 13.2 Å². The zero-order valence-electron chi connectivity index (χ0n) is 11.0. The molecule has 110 valence electrons. The molecule has 0 bridgehead atoms. The van der Waals surface area contributed by atoms with Crippen LogP contribution in [0.4, 0.5) is 13.2 Å². The molecule has 2 aromatic rings. The predicted octanol–water partition coefficient (Wildman–Crippen LogP) is 4.21. The minimum Gasteiger partial charge on any atom is -0.312 e. The summed E-state index contributed by atoms with van der Waals surface area (Å²) in [5.74, 6) is 0.866. The van der Waals surface area contributed by atoms with Crippen molar-refractivity contribution in [3.8, 4) is 0 Å². The number of alkyl halides is 4. The summed E-state index contributed by atoms with van der Waals surface area (Å²) in [6, 6.07) is 1.85. The zero-order chi connectivity index (χ0) is 14.8. The quantitative estimate of drug-likeness (QED) is 0.612. The number of unbranched alkanes of at least 4 members (excludes halogenated alkanes) is 1. The molecule has 0 aromatic carbocycles. The molecule has 0 saturated heterocycles. The third-order valence-corrected chi connectivity index (χ3v) is 3.37. The van der Waals surface area contributed by atoms with Crippen LogP contribution in [0.1, 0.15) is 30.7 Å². The summed E-state index contributed by atoms with van der Waals surface area (Å²) in [6.45, 7) is 2.37. The Kier molecular flexibility index (Phi) is 4.52. The fourth-order valence-corrected chi connectivity index (χ4v) is 2.32. The number of halogens is 4. The summed E-state index contributed by atoms with van der Waals surface area (Å²) in [5, 5.41) is 0. The van der Waals surface area contributed by atoms with Gasteiger partial charge in [0.25, 0.3) is 0 Å². The lowest BCUT2D eigenvalue weighted by atomic mass is 10.2. The first-order valence-electron chi connectivity index (χ1n) is 6.36. The second-order valence-corrected chi connectivity index (χ2v) is 4.95. The summed E-state index contributed by atoms with van der Waals surface area (Å²) in [6.07, 6.45) is -2.67. The Morgan fingerprint density at radius 1 is 1.30 bits per heavy atom. The second kappa shape index (κ2) is 5.99. The maximum absolute atomic E-state index is 12.1. The van der Waals surface area contributed by atoms with E-state index in [0.29, 0.717) is 24.4 Å². The minimum atomic E-state index is -4.10. The Labute approximate surface area is 119 Å².